The molecule has 5 heteroatoms. The molecule has 106 valence electrons. The van der Waals surface area contributed by atoms with E-state index in [9.17, 15) is 9.59 Å². The van der Waals surface area contributed by atoms with E-state index in [0.717, 1.165) is 13.0 Å². The number of carbonyl (C=O) groups is 2. The van der Waals surface area contributed by atoms with Gasteiger partial charge in [0.05, 0.1) is 17.3 Å². The molecule has 3 atom stereocenters. The zero-order valence-corrected chi connectivity index (χ0v) is 11.3. The number of benzene rings is 1. The molecule has 1 heterocycles. The monoisotopic (exact) mass is 273 g/mol. The van der Waals surface area contributed by atoms with Gasteiger partial charge in [-0.3, -0.25) is 9.59 Å². The molecule has 2 aliphatic rings. The number of nitrogens with one attached hydrogen (secondary N) is 2. The van der Waals surface area contributed by atoms with Gasteiger partial charge in [-0.05, 0) is 43.4 Å². The number of para-hydroxylation sites is 1. The van der Waals surface area contributed by atoms with Gasteiger partial charge in [0.15, 0.2) is 0 Å². The number of primary amides is 1. The van der Waals surface area contributed by atoms with Gasteiger partial charge in [-0.1, -0.05) is 18.6 Å². The topological polar surface area (TPSA) is 84.2 Å². The summed E-state index contributed by atoms with van der Waals surface area (Å²) >= 11 is 0. The SMILES string of the molecule is NC(=O)c1ccccc1NC(=O)C1NCC2CCCC21. The van der Waals surface area contributed by atoms with Crippen LogP contribution in [0.3, 0.4) is 0 Å². The lowest BCUT2D eigenvalue weighted by Gasteiger charge is -2.18. The second-order valence-corrected chi connectivity index (χ2v) is 5.64. The standard InChI is InChI=1S/C15H19N3O2/c16-14(19)11-5-1-2-7-12(11)18-15(20)13-10-6-3-4-9(10)8-17-13/h1-2,5,7,9-10,13,17H,3-4,6,8H2,(H2,16,19)(H,18,20). The van der Waals surface area contributed by atoms with Gasteiger partial charge < -0.3 is 16.4 Å². The van der Waals surface area contributed by atoms with Crippen molar-refractivity contribution < 1.29 is 9.59 Å². The molecule has 20 heavy (non-hydrogen) atoms. The minimum atomic E-state index is -0.529. The summed E-state index contributed by atoms with van der Waals surface area (Å²) in [6, 6.07) is 6.69. The van der Waals surface area contributed by atoms with Crippen LogP contribution in [0.15, 0.2) is 24.3 Å². The Kier molecular flexibility index (Phi) is 3.44. The first-order valence-corrected chi connectivity index (χ1v) is 7.10. The summed E-state index contributed by atoms with van der Waals surface area (Å²) in [6.07, 6.45) is 3.52. The van der Waals surface area contributed by atoms with Crippen molar-refractivity contribution in [2.24, 2.45) is 17.6 Å². The average molecular weight is 273 g/mol. The third-order valence-electron chi connectivity index (χ3n) is 4.48. The third kappa shape index (κ3) is 2.29. The zero-order chi connectivity index (χ0) is 14.1. The highest BCUT2D eigenvalue weighted by molar-refractivity contribution is 6.04. The molecule has 0 aromatic heterocycles. The van der Waals surface area contributed by atoms with Gasteiger partial charge in [-0.2, -0.15) is 0 Å². The maximum absolute atomic E-state index is 12.4. The van der Waals surface area contributed by atoms with Crippen molar-refractivity contribution in [3.63, 3.8) is 0 Å². The predicted octanol–water partition coefficient (Wildman–Crippen LogP) is 1.11. The molecule has 0 spiro atoms. The summed E-state index contributed by atoms with van der Waals surface area (Å²) in [5.74, 6) is 0.458. The average Bonchev–Trinajstić information content (AvgIpc) is 3.01. The largest absolute Gasteiger partial charge is 0.366 e. The number of amides is 2. The minimum absolute atomic E-state index is 0.0619. The van der Waals surface area contributed by atoms with Crippen molar-refractivity contribution in [3.8, 4) is 0 Å². The fourth-order valence-corrected chi connectivity index (χ4v) is 3.49. The van der Waals surface area contributed by atoms with E-state index in [1.165, 1.54) is 12.8 Å². The predicted molar refractivity (Wildman–Crippen MR) is 76.2 cm³/mol. The Labute approximate surface area is 117 Å². The molecule has 1 saturated heterocycles. The molecule has 5 nitrogen and oxygen atoms in total. The van der Waals surface area contributed by atoms with Crippen LogP contribution in [0, 0.1) is 11.8 Å². The van der Waals surface area contributed by atoms with Crippen molar-refractivity contribution in [2.75, 3.05) is 11.9 Å². The Morgan fingerprint density at radius 3 is 2.85 bits per heavy atom. The molecule has 1 aliphatic carbocycles. The fourth-order valence-electron chi connectivity index (χ4n) is 3.49. The normalized spacial score (nSPS) is 28.1. The second kappa shape index (κ2) is 5.25. The van der Waals surface area contributed by atoms with Crippen molar-refractivity contribution in [1.82, 2.24) is 5.32 Å². The molecular formula is C15H19N3O2. The summed E-state index contributed by atoms with van der Waals surface area (Å²) in [6.45, 7) is 0.917. The molecule has 4 N–H and O–H groups in total. The number of hydrogen-bond donors (Lipinski definition) is 3. The van der Waals surface area contributed by atoms with E-state index in [1.54, 1.807) is 24.3 Å². The quantitative estimate of drug-likeness (QED) is 0.771. The van der Waals surface area contributed by atoms with Crippen LogP contribution in [-0.2, 0) is 4.79 Å². The molecule has 1 aliphatic heterocycles. The van der Waals surface area contributed by atoms with Crippen molar-refractivity contribution >= 4 is 17.5 Å². The van der Waals surface area contributed by atoms with E-state index in [2.05, 4.69) is 10.6 Å². The van der Waals surface area contributed by atoms with Gasteiger partial charge in [0.2, 0.25) is 5.91 Å². The summed E-state index contributed by atoms with van der Waals surface area (Å²) in [7, 11) is 0. The van der Waals surface area contributed by atoms with E-state index in [0.29, 0.717) is 23.1 Å². The van der Waals surface area contributed by atoms with Crippen LogP contribution in [-0.4, -0.2) is 24.4 Å². The van der Waals surface area contributed by atoms with Crippen LogP contribution in [0.1, 0.15) is 29.6 Å². The molecule has 3 rings (SSSR count). The lowest BCUT2D eigenvalue weighted by Crippen LogP contribution is -2.40. The van der Waals surface area contributed by atoms with Crippen LogP contribution < -0.4 is 16.4 Å². The van der Waals surface area contributed by atoms with Crippen LogP contribution in [0.2, 0.25) is 0 Å². The van der Waals surface area contributed by atoms with Gasteiger partial charge in [-0.25, -0.2) is 0 Å². The summed E-state index contributed by atoms with van der Waals surface area (Å²) in [4.78, 5) is 23.8. The van der Waals surface area contributed by atoms with Gasteiger partial charge in [-0.15, -0.1) is 0 Å². The smallest absolute Gasteiger partial charge is 0.250 e. The Morgan fingerprint density at radius 1 is 1.25 bits per heavy atom. The van der Waals surface area contributed by atoms with E-state index >= 15 is 0 Å². The Hall–Kier alpha value is -1.88. The summed E-state index contributed by atoms with van der Waals surface area (Å²) in [5.41, 5.74) is 6.17. The molecular weight excluding hydrogens is 254 g/mol. The van der Waals surface area contributed by atoms with Crippen molar-refractivity contribution in [2.45, 2.75) is 25.3 Å². The Bertz CT molecular complexity index is 544. The molecule has 2 fully saturated rings. The molecule has 1 aromatic carbocycles. The highest BCUT2D eigenvalue weighted by atomic mass is 16.2. The van der Waals surface area contributed by atoms with E-state index in [4.69, 9.17) is 5.73 Å². The van der Waals surface area contributed by atoms with Gasteiger partial charge in [0, 0.05) is 0 Å². The third-order valence-corrected chi connectivity index (χ3v) is 4.48. The molecule has 1 saturated carbocycles. The first kappa shape index (κ1) is 13.1. The van der Waals surface area contributed by atoms with Gasteiger partial charge >= 0.3 is 0 Å². The van der Waals surface area contributed by atoms with Crippen molar-refractivity contribution in [1.29, 1.82) is 0 Å². The first-order chi connectivity index (χ1) is 9.66. The summed E-state index contributed by atoms with van der Waals surface area (Å²) < 4.78 is 0. The summed E-state index contributed by atoms with van der Waals surface area (Å²) in [5, 5.41) is 6.14. The second-order valence-electron chi connectivity index (χ2n) is 5.64. The minimum Gasteiger partial charge on any atom is -0.366 e. The molecule has 0 radical (unpaired) electrons. The van der Waals surface area contributed by atoms with Crippen LogP contribution >= 0.6 is 0 Å². The first-order valence-electron chi connectivity index (χ1n) is 7.10. The Balaban J connectivity index is 1.75. The lowest BCUT2D eigenvalue weighted by atomic mass is 9.93. The molecule has 0 bridgehead atoms. The van der Waals surface area contributed by atoms with Crippen LogP contribution in [0.4, 0.5) is 5.69 Å². The maximum Gasteiger partial charge on any atom is 0.250 e. The van der Waals surface area contributed by atoms with E-state index in [-0.39, 0.29) is 11.9 Å². The number of fused-ring (bicyclic) bond motifs is 1. The van der Waals surface area contributed by atoms with Crippen LogP contribution in [0.5, 0.6) is 0 Å². The van der Waals surface area contributed by atoms with E-state index in [1.807, 2.05) is 0 Å². The maximum atomic E-state index is 12.4. The zero-order valence-electron chi connectivity index (χ0n) is 11.3. The van der Waals surface area contributed by atoms with Gasteiger partial charge in [0.1, 0.15) is 0 Å². The molecule has 2 amide bonds. The van der Waals surface area contributed by atoms with E-state index < -0.39 is 5.91 Å². The highest BCUT2D eigenvalue weighted by Gasteiger charge is 2.42. The highest BCUT2D eigenvalue weighted by Crippen LogP contribution is 2.38. The van der Waals surface area contributed by atoms with Gasteiger partial charge in [0.25, 0.3) is 5.91 Å². The number of anilines is 1. The number of carbonyl (C=O) groups excluding carboxylic acids is 2. The van der Waals surface area contributed by atoms with Crippen molar-refractivity contribution in [3.05, 3.63) is 29.8 Å². The lowest BCUT2D eigenvalue weighted by molar-refractivity contribution is -0.118. The molecule has 3 unspecified atom stereocenters. The fraction of sp³-hybridized carbons (Fsp3) is 0.467. The number of nitrogens with two attached hydrogens (primary N) is 1. The molecule has 1 aromatic rings. The number of rotatable bonds is 3. The Morgan fingerprint density at radius 2 is 2.05 bits per heavy atom. The number of hydrogen-bond acceptors (Lipinski definition) is 3. The van der Waals surface area contributed by atoms with Crippen LogP contribution in [0.25, 0.3) is 0 Å².